The topological polar surface area (TPSA) is 129 Å². The van der Waals surface area contributed by atoms with Gasteiger partial charge in [0.25, 0.3) is 5.69 Å². The summed E-state index contributed by atoms with van der Waals surface area (Å²) in [7, 11) is 1.21. The Morgan fingerprint density at radius 3 is 2.68 bits per heavy atom. The summed E-state index contributed by atoms with van der Waals surface area (Å²) in [5.74, 6) is -0.363. The molecule has 146 valence electrons. The Kier molecular flexibility index (Phi) is 7.03. The lowest BCUT2D eigenvalue weighted by Crippen LogP contribution is -2.16. The van der Waals surface area contributed by atoms with Crippen LogP contribution in [0.15, 0.2) is 47.6 Å². The number of carbonyl (C=O) groups excluding carboxylic acids is 2. The number of non-ortho nitro benzene ring substituents is 1. The van der Waals surface area contributed by atoms with Gasteiger partial charge in [0.15, 0.2) is 11.5 Å². The van der Waals surface area contributed by atoms with Crippen LogP contribution in [0.2, 0.25) is 0 Å². The third kappa shape index (κ3) is 5.53. The predicted octanol–water partition coefficient (Wildman–Crippen LogP) is 2.90. The molecule has 0 bridgehead atoms. The Bertz CT molecular complexity index is 912. The molecule has 1 amide bonds. The average Bonchev–Trinajstić information content (AvgIpc) is 2.69. The van der Waals surface area contributed by atoms with E-state index in [1.807, 2.05) is 0 Å². The van der Waals surface area contributed by atoms with Gasteiger partial charge in [-0.05, 0) is 36.8 Å². The second-order valence-corrected chi connectivity index (χ2v) is 5.20. The van der Waals surface area contributed by atoms with Gasteiger partial charge < -0.3 is 14.2 Å². The maximum Gasteiger partial charge on any atom is 0.427 e. The van der Waals surface area contributed by atoms with Gasteiger partial charge in [0, 0.05) is 12.1 Å². The molecule has 0 spiro atoms. The number of nitrogens with one attached hydrogen (secondary N) is 1. The predicted molar refractivity (Wildman–Crippen MR) is 98.8 cm³/mol. The molecule has 0 unspecified atom stereocenters. The standard InChI is InChI=1S/C18H17N3O7/c1-3-27-16-9-12(11-19-20-18(23)26-2)7-8-15(16)28-17(22)13-5-4-6-14(10-13)21(24)25/h4-11H,3H2,1-2H3,(H,20,23)/b19-11-. The van der Waals surface area contributed by atoms with E-state index in [2.05, 4.69) is 15.3 Å². The largest absolute Gasteiger partial charge is 0.490 e. The monoisotopic (exact) mass is 387 g/mol. The van der Waals surface area contributed by atoms with Crippen molar-refractivity contribution in [2.24, 2.45) is 5.10 Å². The fourth-order valence-electron chi connectivity index (χ4n) is 2.07. The number of hydrogen-bond acceptors (Lipinski definition) is 8. The van der Waals surface area contributed by atoms with Crippen molar-refractivity contribution in [1.29, 1.82) is 0 Å². The zero-order valence-electron chi connectivity index (χ0n) is 15.1. The summed E-state index contributed by atoms with van der Waals surface area (Å²) >= 11 is 0. The van der Waals surface area contributed by atoms with Crippen molar-refractivity contribution in [3.05, 3.63) is 63.7 Å². The molecular formula is C18H17N3O7. The molecule has 0 aliphatic carbocycles. The number of methoxy groups -OCH3 is 1. The smallest absolute Gasteiger partial charge is 0.427 e. The van der Waals surface area contributed by atoms with E-state index in [0.717, 1.165) is 6.07 Å². The van der Waals surface area contributed by atoms with Crippen molar-refractivity contribution >= 4 is 24.0 Å². The van der Waals surface area contributed by atoms with Crippen molar-refractivity contribution in [3.63, 3.8) is 0 Å². The Morgan fingerprint density at radius 1 is 1.21 bits per heavy atom. The molecule has 0 atom stereocenters. The minimum Gasteiger partial charge on any atom is -0.490 e. The highest BCUT2D eigenvalue weighted by Gasteiger charge is 2.16. The molecule has 0 heterocycles. The summed E-state index contributed by atoms with van der Waals surface area (Å²) in [6.45, 7) is 2.06. The lowest BCUT2D eigenvalue weighted by atomic mass is 10.2. The van der Waals surface area contributed by atoms with Crippen LogP contribution in [0, 0.1) is 10.1 Å². The van der Waals surface area contributed by atoms with Gasteiger partial charge in [-0.1, -0.05) is 6.07 Å². The third-order valence-corrected chi connectivity index (χ3v) is 3.32. The summed E-state index contributed by atoms with van der Waals surface area (Å²) in [5, 5.41) is 14.5. The van der Waals surface area contributed by atoms with Crippen molar-refractivity contribution in [3.8, 4) is 11.5 Å². The van der Waals surface area contributed by atoms with Crippen LogP contribution in [0.5, 0.6) is 11.5 Å². The summed E-state index contributed by atoms with van der Waals surface area (Å²) in [4.78, 5) is 33.5. The first-order valence-electron chi connectivity index (χ1n) is 8.05. The van der Waals surface area contributed by atoms with Crippen LogP contribution in [0.3, 0.4) is 0 Å². The maximum atomic E-state index is 12.3. The van der Waals surface area contributed by atoms with E-state index < -0.39 is 17.0 Å². The summed E-state index contributed by atoms with van der Waals surface area (Å²) in [6.07, 6.45) is 0.634. The Morgan fingerprint density at radius 2 is 2.00 bits per heavy atom. The molecule has 0 saturated carbocycles. The molecular weight excluding hydrogens is 370 g/mol. The van der Waals surface area contributed by atoms with Crippen LogP contribution in [0.25, 0.3) is 0 Å². The van der Waals surface area contributed by atoms with E-state index in [0.29, 0.717) is 12.2 Å². The number of ether oxygens (including phenoxy) is 3. The fourth-order valence-corrected chi connectivity index (χ4v) is 2.07. The van der Waals surface area contributed by atoms with Gasteiger partial charge >= 0.3 is 12.1 Å². The van der Waals surface area contributed by atoms with Crippen molar-refractivity contribution in [2.45, 2.75) is 6.92 Å². The fraction of sp³-hybridized carbons (Fsp3) is 0.167. The zero-order chi connectivity index (χ0) is 20.5. The number of carbonyl (C=O) groups is 2. The second-order valence-electron chi connectivity index (χ2n) is 5.20. The van der Waals surface area contributed by atoms with E-state index in [-0.39, 0.29) is 22.7 Å². The second kappa shape index (κ2) is 9.67. The van der Waals surface area contributed by atoms with Gasteiger partial charge in [0.2, 0.25) is 0 Å². The molecule has 10 heteroatoms. The number of nitro benzene ring substituents is 1. The molecule has 0 fully saturated rings. The van der Waals surface area contributed by atoms with Crippen molar-refractivity contribution in [1.82, 2.24) is 5.43 Å². The molecule has 0 aromatic heterocycles. The zero-order valence-corrected chi connectivity index (χ0v) is 15.1. The number of hydrazone groups is 1. The number of benzene rings is 2. The number of nitrogens with zero attached hydrogens (tertiary/aromatic N) is 2. The number of hydrogen-bond donors (Lipinski definition) is 1. The highest BCUT2D eigenvalue weighted by molar-refractivity contribution is 5.92. The van der Waals surface area contributed by atoms with Crippen LogP contribution in [-0.4, -0.2) is 36.9 Å². The van der Waals surface area contributed by atoms with Crippen molar-refractivity contribution in [2.75, 3.05) is 13.7 Å². The third-order valence-electron chi connectivity index (χ3n) is 3.32. The first-order chi connectivity index (χ1) is 13.4. The molecule has 0 aliphatic heterocycles. The van der Waals surface area contributed by atoms with Gasteiger partial charge in [0.1, 0.15) is 0 Å². The van der Waals surface area contributed by atoms with Crippen molar-refractivity contribution < 1.29 is 28.7 Å². The van der Waals surface area contributed by atoms with E-state index in [4.69, 9.17) is 9.47 Å². The van der Waals surface area contributed by atoms with Gasteiger partial charge in [-0.2, -0.15) is 5.10 Å². The van der Waals surface area contributed by atoms with Crippen LogP contribution >= 0.6 is 0 Å². The summed E-state index contributed by atoms with van der Waals surface area (Å²) < 4.78 is 15.2. The normalized spacial score (nSPS) is 10.4. The minimum absolute atomic E-state index is 0.0320. The molecule has 0 radical (unpaired) electrons. The summed E-state index contributed by atoms with van der Waals surface area (Å²) in [6, 6.07) is 9.84. The van der Waals surface area contributed by atoms with Gasteiger partial charge in [-0.3, -0.25) is 10.1 Å². The van der Waals surface area contributed by atoms with Gasteiger partial charge in [-0.25, -0.2) is 15.0 Å². The van der Waals surface area contributed by atoms with Crippen LogP contribution < -0.4 is 14.9 Å². The first-order valence-corrected chi connectivity index (χ1v) is 8.05. The van der Waals surface area contributed by atoms with Gasteiger partial charge in [0.05, 0.1) is 30.4 Å². The van der Waals surface area contributed by atoms with Gasteiger partial charge in [-0.15, -0.1) is 0 Å². The number of nitro groups is 1. The highest BCUT2D eigenvalue weighted by Crippen LogP contribution is 2.29. The molecule has 0 aliphatic rings. The first kappa shape index (κ1) is 20.4. The maximum absolute atomic E-state index is 12.3. The Hall–Kier alpha value is -3.95. The summed E-state index contributed by atoms with van der Waals surface area (Å²) in [5.41, 5.74) is 2.52. The van der Waals surface area contributed by atoms with E-state index in [9.17, 15) is 19.7 Å². The molecule has 10 nitrogen and oxygen atoms in total. The van der Waals surface area contributed by atoms with Crippen LogP contribution in [0.4, 0.5) is 10.5 Å². The minimum atomic E-state index is -0.765. The SMILES string of the molecule is CCOc1cc(/C=N\NC(=O)OC)ccc1OC(=O)c1cccc([N+](=O)[O-])c1. The molecule has 2 aromatic carbocycles. The number of rotatable bonds is 7. The van der Waals surface area contributed by atoms with Crippen LogP contribution in [0.1, 0.15) is 22.8 Å². The highest BCUT2D eigenvalue weighted by atomic mass is 16.6. The quantitative estimate of drug-likeness (QED) is 0.254. The molecule has 0 saturated heterocycles. The Labute approximate surface area is 159 Å². The average molecular weight is 387 g/mol. The van der Waals surface area contributed by atoms with E-state index in [1.54, 1.807) is 19.1 Å². The van der Waals surface area contributed by atoms with E-state index >= 15 is 0 Å². The Balaban J connectivity index is 2.20. The van der Waals surface area contributed by atoms with Crippen LogP contribution in [-0.2, 0) is 4.74 Å². The number of amides is 1. The molecule has 2 aromatic rings. The molecule has 28 heavy (non-hydrogen) atoms. The molecule has 2 rings (SSSR count). The molecule has 1 N–H and O–H groups in total. The number of esters is 1. The van der Waals surface area contributed by atoms with E-state index in [1.165, 1.54) is 37.6 Å². The lowest BCUT2D eigenvalue weighted by Gasteiger charge is -2.11. The lowest BCUT2D eigenvalue weighted by molar-refractivity contribution is -0.384.